The van der Waals surface area contributed by atoms with Gasteiger partial charge >= 0.3 is 0 Å². The summed E-state index contributed by atoms with van der Waals surface area (Å²) in [7, 11) is 4.79. The topological polar surface area (TPSA) is 78.7 Å². The number of benzene rings is 2. The van der Waals surface area contributed by atoms with Gasteiger partial charge in [-0.3, -0.25) is 9.69 Å². The van der Waals surface area contributed by atoms with E-state index in [4.69, 9.17) is 14.2 Å². The Bertz CT molecular complexity index is 1020. The minimum Gasteiger partial charge on any atom is -0.497 e. The lowest BCUT2D eigenvalue weighted by Crippen LogP contribution is -2.44. The van der Waals surface area contributed by atoms with Gasteiger partial charge in [0.25, 0.3) is 5.91 Å². The van der Waals surface area contributed by atoms with E-state index in [1.54, 1.807) is 23.8 Å². The number of carbonyl (C=O) groups is 1. The van der Waals surface area contributed by atoms with Crippen LogP contribution in [0.4, 0.5) is 5.95 Å². The van der Waals surface area contributed by atoms with Gasteiger partial charge in [0.1, 0.15) is 24.4 Å². The lowest BCUT2D eigenvalue weighted by molar-refractivity contribution is -0.123. The molecule has 4 rings (SSSR count). The Morgan fingerprint density at radius 2 is 1.80 bits per heavy atom. The molecule has 1 amide bonds. The number of hydrogen-bond acceptors (Lipinski definition) is 6. The van der Waals surface area contributed by atoms with Crippen LogP contribution in [-0.2, 0) is 9.53 Å². The predicted molar refractivity (Wildman–Crippen MR) is 111 cm³/mol. The maximum atomic E-state index is 13.0. The second-order valence-electron chi connectivity index (χ2n) is 6.98. The number of ether oxygens (including phenoxy) is 3. The number of methoxy groups -OCH3 is 3. The number of carbonyl (C=O) groups excluding carboxylic acids is 1. The molecule has 0 saturated heterocycles. The van der Waals surface area contributed by atoms with E-state index in [2.05, 4.69) is 10.1 Å². The van der Waals surface area contributed by atoms with Gasteiger partial charge in [0.15, 0.2) is 0 Å². The van der Waals surface area contributed by atoms with E-state index in [0.29, 0.717) is 12.4 Å². The van der Waals surface area contributed by atoms with E-state index in [0.717, 1.165) is 22.6 Å². The molecule has 2 atom stereocenters. The fourth-order valence-corrected chi connectivity index (χ4v) is 3.98. The Hall–Kier alpha value is -3.39. The minimum atomic E-state index is -0.245. The van der Waals surface area contributed by atoms with Crippen LogP contribution in [0.15, 0.2) is 54.9 Å². The summed E-state index contributed by atoms with van der Waals surface area (Å²) in [4.78, 5) is 19.1. The van der Waals surface area contributed by atoms with Crippen molar-refractivity contribution in [3.8, 4) is 11.5 Å². The average Bonchev–Trinajstić information content (AvgIpc) is 3.28. The number of rotatable bonds is 6. The zero-order chi connectivity index (χ0) is 21.1. The third-order valence-electron chi connectivity index (χ3n) is 5.36. The molecule has 0 bridgehead atoms. The molecular formula is C22H24N4O4. The van der Waals surface area contributed by atoms with Crippen molar-refractivity contribution in [2.45, 2.75) is 18.5 Å². The molecule has 0 N–H and O–H groups in total. The second-order valence-corrected chi connectivity index (χ2v) is 6.98. The minimum absolute atomic E-state index is 0.0428. The number of hydrogen-bond donors (Lipinski definition) is 0. The molecule has 0 saturated carbocycles. The van der Waals surface area contributed by atoms with Crippen molar-refractivity contribution in [1.82, 2.24) is 14.8 Å². The normalized spacial score (nSPS) is 18.0. The summed E-state index contributed by atoms with van der Waals surface area (Å²) in [6.07, 6.45) is 2.08. The molecule has 0 fully saturated rings. The monoisotopic (exact) mass is 408 g/mol. The fraction of sp³-hybridized carbons (Fsp3) is 0.318. The Balaban J connectivity index is 1.83. The van der Waals surface area contributed by atoms with Crippen molar-refractivity contribution < 1.29 is 19.0 Å². The summed E-state index contributed by atoms with van der Waals surface area (Å²) in [6.45, 7) is -0.0428. The number of nitrogens with zero attached hydrogens (tertiary/aromatic N) is 4. The molecule has 2 heterocycles. The molecule has 1 aromatic heterocycles. The zero-order valence-corrected chi connectivity index (χ0v) is 17.2. The van der Waals surface area contributed by atoms with E-state index < -0.39 is 0 Å². The van der Waals surface area contributed by atoms with Gasteiger partial charge in [-0.05, 0) is 30.2 Å². The van der Waals surface area contributed by atoms with Crippen molar-refractivity contribution in [2.75, 3.05) is 32.8 Å². The standard InChI is InChI=1S/C22H24N4O4/c1-28-13-21(27)25-18(15-8-10-16(29-2)11-9-15)12-19(26-22(25)23-14-24-26)17-6-4-5-7-20(17)30-3/h4-11,14,18-19H,12-13H2,1-3H3/t18-,19+/m1/s1. The molecule has 0 aliphatic carbocycles. The molecule has 1 aliphatic heterocycles. The third-order valence-corrected chi connectivity index (χ3v) is 5.36. The quantitative estimate of drug-likeness (QED) is 0.624. The molecule has 0 spiro atoms. The largest absolute Gasteiger partial charge is 0.497 e. The van der Waals surface area contributed by atoms with E-state index in [1.165, 1.54) is 13.4 Å². The van der Waals surface area contributed by atoms with Gasteiger partial charge in [-0.1, -0.05) is 30.3 Å². The van der Waals surface area contributed by atoms with Crippen LogP contribution in [0.25, 0.3) is 0 Å². The predicted octanol–water partition coefficient (Wildman–Crippen LogP) is 3.01. The molecule has 8 heteroatoms. The van der Waals surface area contributed by atoms with Crippen LogP contribution in [-0.4, -0.2) is 48.6 Å². The first kappa shape index (κ1) is 19.9. The molecular weight excluding hydrogens is 384 g/mol. The number of aromatic nitrogens is 3. The summed E-state index contributed by atoms with van der Waals surface area (Å²) in [5.74, 6) is 1.84. The van der Waals surface area contributed by atoms with Crippen LogP contribution in [0.2, 0.25) is 0 Å². The highest BCUT2D eigenvalue weighted by molar-refractivity contribution is 5.93. The van der Waals surface area contributed by atoms with Crippen LogP contribution in [0.5, 0.6) is 11.5 Å². The van der Waals surface area contributed by atoms with Crippen LogP contribution in [0, 0.1) is 0 Å². The van der Waals surface area contributed by atoms with Crippen LogP contribution < -0.4 is 14.4 Å². The Morgan fingerprint density at radius 1 is 1.03 bits per heavy atom. The Morgan fingerprint density at radius 3 is 2.50 bits per heavy atom. The summed E-state index contributed by atoms with van der Waals surface area (Å²) >= 11 is 0. The molecule has 0 unspecified atom stereocenters. The van der Waals surface area contributed by atoms with Gasteiger partial charge in [-0.2, -0.15) is 10.1 Å². The summed E-state index contributed by atoms with van der Waals surface area (Å²) in [5.41, 5.74) is 1.97. The van der Waals surface area contributed by atoms with Crippen molar-refractivity contribution in [3.05, 3.63) is 66.0 Å². The zero-order valence-electron chi connectivity index (χ0n) is 17.2. The van der Waals surface area contributed by atoms with E-state index in [-0.39, 0.29) is 24.6 Å². The molecule has 0 radical (unpaired) electrons. The SMILES string of the molecule is COCC(=O)N1c2ncnn2[C@H](c2ccccc2OC)C[C@@H]1c1ccc(OC)cc1. The van der Waals surface area contributed by atoms with Crippen LogP contribution in [0.3, 0.4) is 0 Å². The molecule has 1 aliphatic rings. The van der Waals surface area contributed by atoms with Crippen LogP contribution in [0.1, 0.15) is 29.6 Å². The number of amides is 1. The summed E-state index contributed by atoms with van der Waals surface area (Å²) in [6, 6.07) is 15.2. The van der Waals surface area contributed by atoms with Crippen molar-refractivity contribution in [1.29, 1.82) is 0 Å². The van der Waals surface area contributed by atoms with Crippen LogP contribution >= 0.6 is 0 Å². The molecule has 156 valence electrons. The van der Waals surface area contributed by atoms with E-state index >= 15 is 0 Å². The molecule has 2 aromatic carbocycles. The third kappa shape index (κ3) is 3.50. The maximum Gasteiger partial charge on any atom is 0.255 e. The number of para-hydroxylation sites is 1. The summed E-state index contributed by atoms with van der Waals surface area (Å²) in [5, 5.41) is 4.43. The van der Waals surface area contributed by atoms with Gasteiger partial charge in [0.2, 0.25) is 5.95 Å². The van der Waals surface area contributed by atoms with Crippen molar-refractivity contribution in [3.63, 3.8) is 0 Å². The maximum absolute atomic E-state index is 13.0. The van der Waals surface area contributed by atoms with Gasteiger partial charge in [-0.15, -0.1) is 0 Å². The van der Waals surface area contributed by atoms with E-state index in [9.17, 15) is 4.79 Å². The summed E-state index contributed by atoms with van der Waals surface area (Å²) < 4.78 is 17.8. The lowest BCUT2D eigenvalue weighted by atomic mass is 9.91. The van der Waals surface area contributed by atoms with Crippen molar-refractivity contribution in [2.24, 2.45) is 0 Å². The van der Waals surface area contributed by atoms with E-state index in [1.807, 2.05) is 48.5 Å². The highest BCUT2D eigenvalue weighted by Gasteiger charge is 2.40. The first-order valence-corrected chi connectivity index (χ1v) is 9.65. The molecule has 8 nitrogen and oxygen atoms in total. The first-order chi connectivity index (χ1) is 14.7. The Kier molecular flexibility index (Phi) is 5.67. The highest BCUT2D eigenvalue weighted by atomic mass is 16.5. The molecule has 3 aromatic rings. The second kappa shape index (κ2) is 8.54. The smallest absolute Gasteiger partial charge is 0.255 e. The molecule has 30 heavy (non-hydrogen) atoms. The Labute approximate surface area is 175 Å². The number of fused-ring (bicyclic) bond motifs is 1. The highest BCUT2D eigenvalue weighted by Crippen LogP contribution is 2.44. The lowest BCUT2D eigenvalue weighted by Gasteiger charge is -2.39. The van der Waals surface area contributed by atoms with Gasteiger partial charge in [0, 0.05) is 12.7 Å². The van der Waals surface area contributed by atoms with Gasteiger partial charge in [-0.25, -0.2) is 4.68 Å². The van der Waals surface area contributed by atoms with Gasteiger partial charge in [0.05, 0.1) is 26.3 Å². The fourth-order valence-electron chi connectivity index (χ4n) is 3.98. The first-order valence-electron chi connectivity index (χ1n) is 9.65. The van der Waals surface area contributed by atoms with Crippen molar-refractivity contribution >= 4 is 11.9 Å². The number of anilines is 1. The van der Waals surface area contributed by atoms with Gasteiger partial charge < -0.3 is 14.2 Å². The average molecular weight is 408 g/mol.